The second-order valence-electron chi connectivity index (χ2n) is 12.0. The van der Waals surface area contributed by atoms with Crippen LogP contribution in [0.5, 0.6) is 0 Å². The molecule has 0 heterocycles. The summed E-state index contributed by atoms with van der Waals surface area (Å²) in [6.45, 7) is 4.53. The summed E-state index contributed by atoms with van der Waals surface area (Å²) < 4.78 is 0. The molecule has 0 aromatic heterocycles. The zero-order valence-corrected chi connectivity index (χ0v) is 26.9. The lowest BCUT2D eigenvalue weighted by atomic mass is 9.91. The van der Waals surface area contributed by atoms with E-state index < -0.39 is 0 Å². The summed E-state index contributed by atoms with van der Waals surface area (Å²) in [6, 6.07) is 67.1. The highest BCUT2D eigenvalue weighted by Crippen LogP contribution is 2.43. The Morgan fingerprint density at radius 1 is 0.319 bits per heavy atom. The van der Waals surface area contributed by atoms with Gasteiger partial charge in [-0.25, -0.2) is 0 Å². The van der Waals surface area contributed by atoms with Crippen molar-refractivity contribution in [1.29, 1.82) is 0 Å². The first-order chi connectivity index (χ1) is 23.2. The first kappa shape index (κ1) is 29.8. The Morgan fingerprint density at radius 3 is 1.17 bits per heavy atom. The molecule has 7 rings (SSSR count). The van der Waals surface area contributed by atoms with Gasteiger partial charge >= 0.3 is 0 Å². The minimum Gasteiger partial charge on any atom is -0.311 e. The molecule has 0 saturated heterocycles. The van der Waals surface area contributed by atoms with Gasteiger partial charge in [0.05, 0.1) is 5.69 Å². The van der Waals surface area contributed by atoms with Crippen molar-refractivity contribution in [2.24, 2.45) is 0 Å². The molecule has 0 radical (unpaired) electrons. The molecular weight excluding hydrogens is 569 g/mol. The zero-order valence-electron chi connectivity index (χ0n) is 26.9. The summed E-state index contributed by atoms with van der Waals surface area (Å²) in [6.07, 6.45) is 0. The summed E-state index contributed by atoms with van der Waals surface area (Å²) in [5, 5.41) is 0. The van der Waals surface area contributed by atoms with E-state index in [2.05, 4.69) is 212 Å². The molecule has 0 aliphatic rings. The zero-order chi connectivity index (χ0) is 32.0. The number of nitrogens with zero attached hydrogens (tertiary/aromatic N) is 2. The number of hydrogen-bond donors (Lipinski definition) is 0. The Morgan fingerprint density at radius 2 is 0.681 bits per heavy atom. The number of hydrogen-bond acceptors (Lipinski definition) is 2. The van der Waals surface area contributed by atoms with Gasteiger partial charge in [0.2, 0.25) is 0 Å². The van der Waals surface area contributed by atoms with E-state index in [1.807, 2.05) is 0 Å². The predicted molar refractivity (Wildman–Crippen MR) is 201 cm³/mol. The van der Waals surface area contributed by atoms with E-state index in [9.17, 15) is 0 Å². The first-order valence-electron chi connectivity index (χ1n) is 16.3. The molecule has 0 spiro atoms. The fourth-order valence-corrected chi connectivity index (χ4v) is 6.35. The molecule has 7 aromatic rings. The molecule has 0 saturated carbocycles. The molecule has 0 N–H and O–H groups in total. The minimum atomic E-state index is 0.419. The summed E-state index contributed by atoms with van der Waals surface area (Å²) >= 11 is 0. The summed E-state index contributed by atoms with van der Waals surface area (Å²) in [4.78, 5) is 4.66. The Hall–Kier alpha value is -5.86. The van der Waals surface area contributed by atoms with Crippen molar-refractivity contribution in [3.05, 3.63) is 194 Å². The van der Waals surface area contributed by atoms with E-state index in [-0.39, 0.29) is 0 Å². The van der Waals surface area contributed by atoms with Gasteiger partial charge in [-0.3, -0.25) is 0 Å². The van der Waals surface area contributed by atoms with Gasteiger partial charge in [0.15, 0.2) is 0 Å². The maximum atomic E-state index is 2.37. The highest BCUT2D eigenvalue weighted by molar-refractivity contribution is 5.89. The molecule has 0 amide bonds. The fourth-order valence-electron chi connectivity index (χ4n) is 6.35. The molecule has 2 nitrogen and oxygen atoms in total. The largest absolute Gasteiger partial charge is 0.311 e. The molecule has 0 aliphatic heterocycles. The third-order valence-electron chi connectivity index (χ3n) is 8.65. The van der Waals surface area contributed by atoms with Gasteiger partial charge in [0.1, 0.15) is 0 Å². The SMILES string of the molecule is CC(C)c1ccccc1-c1ccccc1N(c1ccccc1)c1ccc(-c2ccc(N(c3ccccc3)c3ccccc3)cc2)cc1. The third kappa shape index (κ3) is 6.32. The highest BCUT2D eigenvalue weighted by atomic mass is 15.1. The molecule has 0 bridgehead atoms. The van der Waals surface area contributed by atoms with Gasteiger partial charge in [-0.15, -0.1) is 0 Å². The van der Waals surface area contributed by atoms with Crippen LogP contribution in [0.2, 0.25) is 0 Å². The van der Waals surface area contributed by atoms with Gasteiger partial charge < -0.3 is 9.80 Å². The Bertz CT molecular complexity index is 1990. The van der Waals surface area contributed by atoms with Crippen molar-refractivity contribution in [2.75, 3.05) is 9.80 Å². The van der Waals surface area contributed by atoms with Crippen molar-refractivity contribution in [1.82, 2.24) is 0 Å². The van der Waals surface area contributed by atoms with E-state index in [0.29, 0.717) is 5.92 Å². The van der Waals surface area contributed by atoms with E-state index in [1.54, 1.807) is 0 Å². The summed E-state index contributed by atoms with van der Waals surface area (Å²) in [5.41, 5.74) is 13.0. The first-order valence-corrected chi connectivity index (χ1v) is 16.3. The van der Waals surface area contributed by atoms with Crippen molar-refractivity contribution >= 4 is 34.1 Å². The van der Waals surface area contributed by atoms with E-state index >= 15 is 0 Å². The quantitative estimate of drug-likeness (QED) is 0.161. The summed E-state index contributed by atoms with van der Waals surface area (Å²) in [5.74, 6) is 0.419. The van der Waals surface area contributed by atoms with Crippen molar-refractivity contribution < 1.29 is 0 Å². The Labute approximate surface area is 278 Å². The van der Waals surface area contributed by atoms with Crippen LogP contribution in [0, 0.1) is 0 Å². The molecule has 7 aromatic carbocycles. The average Bonchev–Trinajstić information content (AvgIpc) is 3.14. The molecular formula is C45H38N2. The van der Waals surface area contributed by atoms with Crippen LogP contribution in [0.3, 0.4) is 0 Å². The number of anilines is 6. The highest BCUT2D eigenvalue weighted by Gasteiger charge is 2.19. The van der Waals surface area contributed by atoms with E-state index in [0.717, 1.165) is 34.1 Å². The van der Waals surface area contributed by atoms with Crippen LogP contribution < -0.4 is 9.80 Å². The van der Waals surface area contributed by atoms with Crippen LogP contribution in [0.25, 0.3) is 22.3 Å². The second kappa shape index (κ2) is 13.6. The number of rotatable bonds is 9. The molecule has 0 atom stereocenters. The molecule has 228 valence electrons. The average molecular weight is 607 g/mol. The maximum absolute atomic E-state index is 2.37. The van der Waals surface area contributed by atoms with Crippen molar-refractivity contribution in [3.63, 3.8) is 0 Å². The van der Waals surface area contributed by atoms with Gasteiger partial charge in [0.25, 0.3) is 0 Å². The van der Waals surface area contributed by atoms with Crippen LogP contribution in [0.15, 0.2) is 188 Å². The number of benzene rings is 7. The lowest BCUT2D eigenvalue weighted by molar-refractivity contribution is 0.869. The summed E-state index contributed by atoms with van der Waals surface area (Å²) in [7, 11) is 0. The van der Waals surface area contributed by atoms with Crippen molar-refractivity contribution in [2.45, 2.75) is 19.8 Å². The van der Waals surface area contributed by atoms with Crippen LogP contribution in [0.4, 0.5) is 34.1 Å². The van der Waals surface area contributed by atoms with Crippen molar-refractivity contribution in [3.8, 4) is 22.3 Å². The maximum Gasteiger partial charge on any atom is 0.0540 e. The van der Waals surface area contributed by atoms with Gasteiger partial charge in [0, 0.05) is 34.0 Å². The Balaban J connectivity index is 1.25. The third-order valence-corrected chi connectivity index (χ3v) is 8.65. The van der Waals surface area contributed by atoms with E-state index in [1.165, 1.54) is 27.8 Å². The molecule has 0 unspecified atom stereocenters. The van der Waals surface area contributed by atoms with Gasteiger partial charge in [-0.1, -0.05) is 135 Å². The Kier molecular flexibility index (Phi) is 8.66. The predicted octanol–water partition coefficient (Wildman–Crippen LogP) is 13.1. The standard InChI is InChI=1S/C45H38N2/c1-34(2)42-22-12-13-23-43(42)44-24-14-15-25-45(44)47(39-20-10-5-11-21-39)41-32-28-36(29-33-41)35-26-30-40(31-27-35)46(37-16-6-3-7-17-37)38-18-8-4-9-19-38/h3-34H,1-2H3. The smallest absolute Gasteiger partial charge is 0.0540 e. The topological polar surface area (TPSA) is 6.48 Å². The normalized spacial score (nSPS) is 11.0. The number of para-hydroxylation sites is 4. The second-order valence-corrected chi connectivity index (χ2v) is 12.0. The minimum absolute atomic E-state index is 0.419. The van der Waals surface area contributed by atoms with Gasteiger partial charge in [-0.2, -0.15) is 0 Å². The molecule has 0 aliphatic carbocycles. The van der Waals surface area contributed by atoms with E-state index in [4.69, 9.17) is 0 Å². The molecule has 0 fully saturated rings. The van der Waals surface area contributed by atoms with Crippen LogP contribution in [-0.2, 0) is 0 Å². The van der Waals surface area contributed by atoms with Crippen LogP contribution in [0.1, 0.15) is 25.3 Å². The molecule has 2 heteroatoms. The lowest BCUT2D eigenvalue weighted by Gasteiger charge is -2.29. The lowest BCUT2D eigenvalue weighted by Crippen LogP contribution is -2.11. The van der Waals surface area contributed by atoms with Crippen LogP contribution in [-0.4, -0.2) is 0 Å². The van der Waals surface area contributed by atoms with Gasteiger partial charge in [-0.05, 0) is 94.9 Å². The monoisotopic (exact) mass is 606 g/mol. The fraction of sp³-hybridized carbons (Fsp3) is 0.0667. The van der Waals surface area contributed by atoms with Crippen LogP contribution >= 0.6 is 0 Å². The molecule has 47 heavy (non-hydrogen) atoms.